The molecule has 0 saturated heterocycles. The highest BCUT2D eigenvalue weighted by atomic mass is 16.5. The highest BCUT2D eigenvalue weighted by Gasteiger charge is 2.04. The molecule has 1 aromatic rings. The third kappa shape index (κ3) is 1.45. The van der Waals surface area contributed by atoms with Gasteiger partial charge in [0.05, 0.1) is 7.11 Å². The Morgan fingerprint density at radius 3 is 2.00 bits per heavy atom. The standard InChI is InChI=1S/C9H11O2/c1-6-4-8(11-3)5-7(2)9(6)10/h4-5H,1-3H3. The molecule has 0 aromatic heterocycles. The van der Waals surface area contributed by atoms with Crippen LogP contribution in [0.5, 0.6) is 11.5 Å². The molecule has 0 spiro atoms. The number of methoxy groups -OCH3 is 1. The zero-order valence-electron chi connectivity index (χ0n) is 6.97. The zero-order valence-corrected chi connectivity index (χ0v) is 6.97. The molecule has 1 radical (unpaired) electrons. The minimum absolute atomic E-state index is 0.103. The first kappa shape index (κ1) is 7.92. The lowest BCUT2D eigenvalue weighted by atomic mass is 10.1. The summed E-state index contributed by atoms with van der Waals surface area (Å²) in [5, 5.41) is 11.2. The summed E-state index contributed by atoms with van der Waals surface area (Å²) in [5.74, 6) is 0.852. The Morgan fingerprint density at radius 1 is 1.18 bits per heavy atom. The first-order valence-electron chi connectivity index (χ1n) is 3.47. The molecule has 0 heterocycles. The molecule has 1 aromatic carbocycles. The van der Waals surface area contributed by atoms with E-state index >= 15 is 0 Å². The van der Waals surface area contributed by atoms with Crippen molar-refractivity contribution in [3.8, 4) is 11.5 Å². The van der Waals surface area contributed by atoms with E-state index in [2.05, 4.69) is 0 Å². The smallest absolute Gasteiger partial charge is 0.184 e. The monoisotopic (exact) mass is 151 g/mol. The molecule has 0 aliphatic rings. The van der Waals surface area contributed by atoms with E-state index in [1.807, 2.05) is 0 Å². The Labute approximate surface area is 66.4 Å². The third-order valence-corrected chi connectivity index (χ3v) is 1.67. The van der Waals surface area contributed by atoms with Crippen molar-refractivity contribution in [3.05, 3.63) is 23.3 Å². The second-order valence-corrected chi connectivity index (χ2v) is 2.59. The minimum atomic E-state index is 0.103. The molecule has 11 heavy (non-hydrogen) atoms. The predicted molar refractivity (Wildman–Crippen MR) is 42.6 cm³/mol. The van der Waals surface area contributed by atoms with Gasteiger partial charge in [-0.05, 0) is 26.0 Å². The summed E-state index contributed by atoms with van der Waals surface area (Å²) >= 11 is 0. The maximum absolute atomic E-state index is 11.2. The molecule has 1 rings (SSSR count). The Kier molecular flexibility index (Phi) is 2.03. The number of rotatable bonds is 1. The van der Waals surface area contributed by atoms with E-state index in [1.165, 1.54) is 0 Å². The van der Waals surface area contributed by atoms with Crippen LogP contribution in [0.15, 0.2) is 12.1 Å². The van der Waals surface area contributed by atoms with Gasteiger partial charge in [-0.2, -0.15) is 0 Å². The maximum atomic E-state index is 11.2. The van der Waals surface area contributed by atoms with Gasteiger partial charge in [-0.15, -0.1) is 0 Å². The molecule has 0 atom stereocenters. The van der Waals surface area contributed by atoms with Crippen molar-refractivity contribution in [2.24, 2.45) is 0 Å². The van der Waals surface area contributed by atoms with E-state index in [-0.39, 0.29) is 5.75 Å². The van der Waals surface area contributed by atoms with Crippen LogP contribution in [0.1, 0.15) is 11.1 Å². The van der Waals surface area contributed by atoms with Gasteiger partial charge in [-0.3, -0.25) is 5.11 Å². The van der Waals surface area contributed by atoms with Crippen molar-refractivity contribution in [1.29, 1.82) is 0 Å². The van der Waals surface area contributed by atoms with Gasteiger partial charge in [0, 0.05) is 11.1 Å². The average molecular weight is 151 g/mol. The van der Waals surface area contributed by atoms with Crippen LogP contribution in [0.4, 0.5) is 0 Å². The molecule has 0 unspecified atom stereocenters. The van der Waals surface area contributed by atoms with Gasteiger partial charge in [-0.25, -0.2) is 0 Å². The molecule has 0 N–H and O–H groups in total. The average Bonchev–Trinajstić information content (AvgIpc) is 1.99. The lowest BCUT2D eigenvalue weighted by Crippen LogP contribution is -1.85. The molecule has 2 nitrogen and oxygen atoms in total. The number of benzene rings is 1. The fourth-order valence-electron chi connectivity index (χ4n) is 1.03. The summed E-state index contributed by atoms with van der Waals surface area (Å²) in [6.07, 6.45) is 0. The summed E-state index contributed by atoms with van der Waals surface area (Å²) in [6, 6.07) is 3.49. The molecule has 0 bridgehead atoms. The summed E-state index contributed by atoms with van der Waals surface area (Å²) in [7, 11) is 1.60. The van der Waals surface area contributed by atoms with Gasteiger partial charge in [-0.1, -0.05) is 0 Å². The Morgan fingerprint density at radius 2 is 1.64 bits per heavy atom. The first-order chi connectivity index (χ1) is 5.15. The SMILES string of the molecule is COc1cc(C)c([O])c(C)c1. The highest BCUT2D eigenvalue weighted by Crippen LogP contribution is 2.26. The zero-order chi connectivity index (χ0) is 8.43. The lowest BCUT2D eigenvalue weighted by molar-refractivity contribution is 0.346. The summed E-state index contributed by atoms with van der Waals surface area (Å²) in [6.45, 7) is 3.58. The predicted octanol–water partition coefficient (Wildman–Crippen LogP) is 2.46. The van der Waals surface area contributed by atoms with Crippen LogP contribution >= 0.6 is 0 Å². The van der Waals surface area contributed by atoms with Gasteiger partial charge >= 0.3 is 0 Å². The largest absolute Gasteiger partial charge is 0.497 e. The van der Waals surface area contributed by atoms with Crippen LogP contribution in [-0.2, 0) is 5.11 Å². The number of ether oxygens (including phenoxy) is 1. The second-order valence-electron chi connectivity index (χ2n) is 2.59. The van der Waals surface area contributed by atoms with Gasteiger partial charge in [0.2, 0.25) is 0 Å². The van der Waals surface area contributed by atoms with Crippen LogP contribution < -0.4 is 4.74 Å². The molecular formula is C9H11O2. The number of hydrogen-bond donors (Lipinski definition) is 0. The topological polar surface area (TPSA) is 29.1 Å². The molecule has 2 heteroatoms. The van der Waals surface area contributed by atoms with Crippen molar-refractivity contribution in [1.82, 2.24) is 0 Å². The van der Waals surface area contributed by atoms with E-state index < -0.39 is 0 Å². The van der Waals surface area contributed by atoms with Crippen molar-refractivity contribution < 1.29 is 9.84 Å². The van der Waals surface area contributed by atoms with Crippen LogP contribution in [0.25, 0.3) is 0 Å². The molecule has 0 saturated carbocycles. The first-order valence-corrected chi connectivity index (χ1v) is 3.47. The molecule has 0 aliphatic carbocycles. The second kappa shape index (κ2) is 2.82. The fraction of sp³-hybridized carbons (Fsp3) is 0.333. The van der Waals surface area contributed by atoms with Crippen LogP contribution in [0, 0.1) is 13.8 Å². The molecule has 59 valence electrons. The van der Waals surface area contributed by atoms with Gasteiger partial charge in [0.25, 0.3) is 0 Å². The minimum Gasteiger partial charge on any atom is -0.497 e. The summed E-state index contributed by atoms with van der Waals surface area (Å²) in [4.78, 5) is 0. The van der Waals surface area contributed by atoms with Crippen molar-refractivity contribution in [2.75, 3.05) is 7.11 Å². The molecular weight excluding hydrogens is 140 g/mol. The quantitative estimate of drug-likeness (QED) is 0.606. The Bertz CT molecular complexity index is 243. The maximum Gasteiger partial charge on any atom is 0.184 e. The highest BCUT2D eigenvalue weighted by molar-refractivity contribution is 5.44. The Balaban J connectivity index is 3.21. The normalized spacial score (nSPS) is 9.73. The van der Waals surface area contributed by atoms with E-state index in [0.717, 1.165) is 16.9 Å². The van der Waals surface area contributed by atoms with Crippen molar-refractivity contribution in [3.63, 3.8) is 0 Å². The summed E-state index contributed by atoms with van der Waals surface area (Å²) in [5.41, 5.74) is 1.48. The van der Waals surface area contributed by atoms with Crippen molar-refractivity contribution in [2.45, 2.75) is 13.8 Å². The number of aryl methyl sites for hydroxylation is 2. The van der Waals surface area contributed by atoms with Crippen LogP contribution in [-0.4, -0.2) is 7.11 Å². The number of hydrogen-bond acceptors (Lipinski definition) is 1. The van der Waals surface area contributed by atoms with E-state index in [1.54, 1.807) is 33.1 Å². The fourth-order valence-corrected chi connectivity index (χ4v) is 1.03. The van der Waals surface area contributed by atoms with E-state index in [4.69, 9.17) is 4.74 Å². The lowest BCUT2D eigenvalue weighted by Gasteiger charge is -2.03. The summed E-state index contributed by atoms with van der Waals surface area (Å²) < 4.78 is 4.99. The van der Waals surface area contributed by atoms with E-state index in [0.29, 0.717) is 0 Å². The Hall–Kier alpha value is -1.18. The van der Waals surface area contributed by atoms with Gasteiger partial charge in [0.15, 0.2) is 5.75 Å². The van der Waals surface area contributed by atoms with Crippen LogP contribution in [0.3, 0.4) is 0 Å². The molecule has 0 amide bonds. The third-order valence-electron chi connectivity index (χ3n) is 1.67. The van der Waals surface area contributed by atoms with Gasteiger partial charge in [0.1, 0.15) is 5.75 Å². The molecule has 0 aliphatic heterocycles. The molecule has 0 fully saturated rings. The van der Waals surface area contributed by atoms with E-state index in [9.17, 15) is 5.11 Å². The van der Waals surface area contributed by atoms with Crippen LogP contribution in [0.2, 0.25) is 0 Å². The van der Waals surface area contributed by atoms with Crippen molar-refractivity contribution >= 4 is 0 Å². The van der Waals surface area contributed by atoms with Gasteiger partial charge < -0.3 is 4.74 Å².